The number of nitrogens with one attached hydrogen (secondary N) is 1. The van der Waals surface area contributed by atoms with Gasteiger partial charge in [-0.3, -0.25) is 11.1 Å². The molecule has 0 aromatic rings. The SMILES string of the molecule is CC(N)(O)NC(N)=O. The number of hydrogen-bond donors (Lipinski definition) is 4. The molecular weight excluding hydrogens is 110 g/mol. The largest absolute Gasteiger partial charge is 0.359 e. The molecule has 0 aliphatic carbocycles. The number of amides is 2. The van der Waals surface area contributed by atoms with Crippen LogP contribution in [0.3, 0.4) is 0 Å². The smallest absolute Gasteiger partial charge is 0.315 e. The summed E-state index contributed by atoms with van der Waals surface area (Å²) in [7, 11) is 0. The van der Waals surface area contributed by atoms with Crippen LogP contribution in [0.5, 0.6) is 0 Å². The van der Waals surface area contributed by atoms with Gasteiger partial charge in [-0.05, 0) is 6.92 Å². The lowest BCUT2D eigenvalue weighted by atomic mass is 10.5. The molecule has 0 aromatic carbocycles. The van der Waals surface area contributed by atoms with Gasteiger partial charge in [-0.25, -0.2) is 4.79 Å². The van der Waals surface area contributed by atoms with Gasteiger partial charge < -0.3 is 10.8 Å². The molecule has 5 heteroatoms. The summed E-state index contributed by atoms with van der Waals surface area (Å²) >= 11 is 0. The van der Waals surface area contributed by atoms with E-state index in [4.69, 9.17) is 10.8 Å². The number of aliphatic hydroxyl groups is 1. The van der Waals surface area contributed by atoms with Crippen LogP contribution in [0.15, 0.2) is 0 Å². The van der Waals surface area contributed by atoms with Crippen LogP contribution in [0.1, 0.15) is 6.92 Å². The van der Waals surface area contributed by atoms with Crippen LogP contribution >= 0.6 is 0 Å². The summed E-state index contributed by atoms with van der Waals surface area (Å²) < 4.78 is 0. The molecule has 0 fully saturated rings. The first-order chi connectivity index (χ1) is 3.42. The van der Waals surface area contributed by atoms with E-state index >= 15 is 0 Å². The van der Waals surface area contributed by atoms with Crippen molar-refractivity contribution in [1.82, 2.24) is 5.32 Å². The zero-order valence-electron chi connectivity index (χ0n) is 4.51. The quantitative estimate of drug-likeness (QED) is 0.309. The highest BCUT2D eigenvalue weighted by molar-refractivity contribution is 5.72. The number of carbonyl (C=O) groups is 1. The van der Waals surface area contributed by atoms with Crippen LogP contribution in [-0.4, -0.2) is 17.0 Å². The maximum atomic E-state index is 9.89. The second-order valence-corrected chi connectivity index (χ2v) is 1.64. The first kappa shape index (κ1) is 7.19. The third kappa shape index (κ3) is 5.19. The van der Waals surface area contributed by atoms with Gasteiger partial charge in [0.1, 0.15) is 0 Å². The normalized spacial score (nSPS) is 16.9. The van der Waals surface area contributed by atoms with Gasteiger partial charge in [0.05, 0.1) is 0 Å². The van der Waals surface area contributed by atoms with Crippen molar-refractivity contribution in [3.05, 3.63) is 0 Å². The lowest BCUT2D eigenvalue weighted by Crippen LogP contribution is -2.54. The molecule has 0 radical (unpaired) electrons. The Bertz CT molecular complexity index is 95.2. The summed E-state index contributed by atoms with van der Waals surface area (Å²) in [5, 5.41) is 10.4. The van der Waals surface area contributed by atoms with Crippen LogP contribution in [0.4, 0.5) is 4.79 Å². The molecule has 1 unspecified atom stereocenters. The Labute approximate surface area is 46.7 Å². The van der Waals surface area contributed by atoms with Gasteiger partial charge in [0.2, 0.25) is 0 Å². The molecule has 0 spiro atoms. The monoisotopic (exact) mass is 119 g/mol. The van der Waals surface area contributed by atoms with Gasteiger partial charge in [0, 0.05) is 0 Å². The first-order valence-corrected chi connectivity index (χ1v) is 2.01. The molecule has 0 heterocycles. The summed E-state index contributed by atoms with van der Waals surface area (Å²) in [5.74, 6) is -1.70. The Morgan fingerprint density at radius 3 is 2.25 bits per heavy atom. The summed E-state index contributed by atoms with van der Waals surface area (Å²) in [6, 6.07) is -0.850. The van der Waals surface area contributed by atoms with Crippen molar-refractivity contribution >= 4 is 6.03 Å². The van der Waals surface area contributed by atoms with Gasteiger partial charge >= 0.3 is 6.03 Å². The summed E-state index contributed by atoms with van der Waals surface area (Å²) in [6.07, 6.45) is 0. The third-order valence-corrected chi connectivity index (χ3v) is 0.376. The van der Waals surface area contributed by atoms with Gasteiger partial charge in [-0.1, -0.05) is 0 Å². The van der Waals surface area contributed by atoms with E-state index in [9.17, 15) is 4.79 Å². The van der Waals surface area contributed by atoms with Crippen molar-refractivity contribution < 1.29 is 9.90 Å². The van der Waals surface area contributed by atoms with Crippen LogP contribution in [-0.2, 0) is 0 Å². The van der Waals surface area contributed by atoms with E-state index in [2.05, 4.69) is 5.73 Å². The molecule has 0 aliphatic rings. The van der Waals surface area contributed by atoms with E-state index in [1.807, 2.05) is 5.32 Å². The molecule has 8 heavy (non-hydrogen) atoms. The number of hydrogen-bond acceptors (Lipinski definition) is 3. The van der Waals surface area contributed by atoms with Gasteiger partial charge in [-0.2, -0.15) is 0 Å². The predicted octanol–water partition coefficient (Wildman–Crippen LogP) is -1.72. The molecule has 1 atom stereocenters. The molecule has 0 saturated heterocycles. The second kappa shape index (κ2) is 1.97. The molecule has 2 amide bonds. The maximum absolute atomic E-state index is 9.89. The lowest BCUT2D eigenvalue weighted by Gasteiger charge is -2.16. The number of primary amides is 1. The lowest BCUT2D eigenvalue weighted by molar-refractivity contribution is 0.0435. The number of urea groups is 1. The Morgan fingerprint density at radius 1 is 1.88 bits per heavy atom. The van der Waals surface area contributed by atoms with Crippen molar-refractivity contribution in [1.29, 1.82) is 0 Å². The topological polar surface area (TPSA) is 101 Å². The number of rotatable bonds is 1. The fourth-order valence-electron chi connectivity index (χ4n) is 0.249. The standard InChI is InChI=1S/C3H9N3O2/c1-3(5,8)6-2(4)7/h8H,5H2,1H3,(H3,4,6,7). The zero-order valence-corrected chi connectivity index (χ0v) is 4.51. The minimum Gasteiger partial charge on any atom is -0.359 e. The van der Waals surface area contributed by atoms with Crippen LogP contribution in [0, 0.1) is 0 Å². The Kier molecular flexibility index (Phi) is 1.77. The minimum atomic E-state index is -1.70. The molecule has 0 rings (SSSR count). The van der Waals surface area contributed by atoms with E-state index in [1.165, 1.54) is 6.92 Å². The Balaban J connectivity index is 3.55. The molecule has 48 valence electrons. The van der Waals surface area contributed by atoms with Crippen molar-refractivity contribution in [2.75, 3.05) is 0 Å². The highest BCUT2D eigenvalue weighted by Crippen LogP contribution is 1.80. The average Bonchev–Trinajstić information content (AvgIpc) is 1.21. The fourth-order valence-corrected chi connectivity index (χ4v) is 0.249. The number of carbonyl (C=O) groups excluding carboxylic acids is 1. The molecule has 6 N–H and O–H groups in total. The fraction of sp³-hybridized carbons (Fsp3) is 0.667. The maximum Gasteiger partial charge on any atom is 0.315 e. The van der Waals surface area contributed by atoms with Crippen molar-refractivity contribution in [2.24, 2.45) is 11.5 Å². The van der Waals surface area contributed by atoms with E-state index < -0.39 is 11.9 Å². The Hall–Kier alpha value is -0.810. The minimum absolute atomic E-state index is 0.850. The average molecular weight is 119 g/mol. The molecule has 0 aliphatic heterocycles. The van der Waals surface area contributed by atoms with Gasteiger partial charge in [0.25, 0.3) is 0 Å². The molecule has 0 bridgehead atoms. The highest BCUT2D eigenvalue weighted by Gasteiger charge is 2.12. The molecule has 0 aromatic heterocycles. The summed E-state index contributed by atoms with van der Waals surface area (Å²) in [5.41, 5.74) is 9.47. The Morgan fingerprint density at radius 2 is 2.25 bits per heavy atom. The second-order valence-electron chi connectivity index (χ2n) is 1.64. The molecule has 5 nitrogen and oxygen atoms in total. The van der Waals surface area contributed by atoms with E-state index in [-0.39, 0.29) is 0 Å². The van der Waals surface area contributed by atoms with Gasteiger partial charge in [-0.15, -0.1) is 0 Å². The first-order valence-electron chi connectivity index (χ1n) is 2.01. The predicted molar refractivity (Wildman–Crippen MR) is 27.5 cm³/mol. The van der Waals surface area contributed by atoms with Crippen molar-refractivity contribution in [2.45, 2.75) is 12.8 Å². The molecule has 0 saturated carbocycles. The van der Waals surface area contributed by atoms with E-state index in [0.717, 1.165) is 0 Å². The van der Waals surface area contributed by atoms with Crippen LogP contribution in [0.25, 0.3) is 0 Å². The van der Waals surface area contributed by atoms with Crippen molar-refractivity contribution in [3.8, 4) is 0 Å². The van der Waals surface area contributed by atoms with E-state index in [1.54, 1.807) is 0 Å². The summed E-state index contributed by atoms with van der Waals surface area (Å²) in [4.78, 5) is 9.89. The summed E-state index contributed by atoms with van der Waals surface area (Å²) in [6.45, 7) is 1.21. The van der Waals surface area contributed by atoms with Crippen LogP contribution in [0.2, 0.25) is 0 Å². The third-order valence-electron chi connectivity index (χ3n) is 0.376. The molecular formula is C3H9N3O2. The highest BCUT2D eigenvalue weighted by atomic mass is 16.3. The van der Waals surface area contributed by atoms with Gasteiger partial charge in [0.15, 0.2) is 5.85 Å². The zero-order chi connectivity index (χ0) is 6.78. The van der Waals surface area contributed by atoms with Crippen molar-refractivity contribution in [3.63, 3.8) is 0 Å². The van der Waals surface area contributed by atoms with Crippen LogP contribution < -0.4 is 16.8 Å². The number of nitrogens with two attached hydrogens (primary N) is 2. The van der Waals surface area contributed by atoms with E-state index in [0.29, 0.717) is 0 Å².